The van der Waals surface area contributed by atoms with Crippen molar-refractivity contribution in [2.45, 2.75) is 45.8 Å². The van der Waals surface area contributed by atoms with Gasteiger partial charge in [0, 0.05) is 24.0 Å². The summed E-state index contributed by atoms with van der Waals surface area (Å²) in [4.78, 5) is 0. The van der Waals surface area contributed by atoms with E-state index < -0.39 is 6.43 Å². The molecule has 0 unspecified atom stereocenters. The van der Waals surface area contributed by atoms with Crippen molar-refractivity contribution in [3.05, 3.63) is 24.0 Å². The second kappa shape index (κ2) is 4.75. The van der Waals surface area contributed by atoms with Crippen LogP contribution in [0.4, 0.5) is 8.78 Å². The van der Waals surface area contributed by atoms with Crippen molar-refractivity contribution in [2.75, 3.05) is 0 Å². The summed E-state index contributed by atoms with van der Waals surface area (Å²) >= 11 is 0. The number of rotatable bonds is 4. The van der Waals surface area contributed by atoms with Crippen molar-refractivity contribution < 1.29 is 8.78 Å². The van der Waals surface area contributed by atoms with Gasteiger partial charge in [-0.25, -0.2) is 8.78 Å². The predicted octanol–water partition coefficient (Wildman–Crippen LogP) is 2.64. The summed E-state index contributed by atoms with van der Waals surface area (Å²) in [5.41, 5.74) is 0.894. The highest BCUT2D eigenvalue weighted by Crippen LogP contribution is 2.08. The monoisotopic (exact) mass is 216 g/mol. The number of hydrogen-bond donors (Lipinski definition) is 1. The maximum absolute atomic E-state index is 12.2. The average molecular weight is 216 g/mol. The first kappa shape index (κ1) is 12.2. The Hall–Kier alpha value is -0.900. The van der Waals surface area contributed by atoms with E-state index in [0.717, 1.165) is 5.69 Å². The van der Waals surface area contributed by atoms with E-state index in [0.29, 0.717) is 6.54 Å². The number of aromatic nitrogens is 1. The molecule has 0 saturated carbocycles. The zero-order valence-corrected chi connectivity index (χ0v) is 9.43. The Kier molecular flexibility index (Phi) is 3.85. The molecule has 0 spiro atoms. The molecule has 86 valence electrons. The van der Waals surface area contributed by atoms with E-state index in [1.807, 2.05) is 26.8 Å². The molecule has 1 aromatic heterocycles. The Morgan fingerprint density at radius 3 is 2.60 bits per heavy atom. The summed E-state index contributed by atoms with van der Waals surface area (Å²) in [5.74, 6) is 0. The maximum Gasteiger partial charge on any atom is 0.256 e. The first-order chi connectivity index (χ1) is 6.88. The lowest BCUT2D eigenvalue weighted by molar-refractivity contribution is 0.125. The van der Waals surface area contributed by atoms with Gasteiger partial charge in [-0.15, -0.1) is 0 Å². The van der Waals surface area contributed by atoms with Gasteiger partial charge < -0.3 is 9.88 Å². The highest BCUT2D eigenvalue weighted by molar-refractivity contribution is 5.07. The SMILES string of the molecule is CC(C)(C)NCc1cccn1CC(F)F. The summed E-state index contributed by atoms with van der Waals surface area (Å²) in [6.07, 6.45) is -0.614. The fourth-order valence-corrected chi connectivity index (χ4v) is 1.29. The minimum absolute atomic E-state index is 0.0000687. The largest absolute Gasteiger partial charge is 0.345 e. The molecule has 1 N–H and O–H groups in total. The van der Waals surface area contributed by atoms with Crippen LogP contribution in [0.2, 0.25) is 0 Å². The lowest BCUT2D eigenvalue weighted by Crippen LogP contribution is -2.35. The molecule has 4 heteroatoms. The molecule has 1 heterocycles. The van der Waals surface area contributed by atoms with E-state index in [4.69, 9.17) is 0 Å². The van der Waals surface area contributed by atoms with Crippen molar-refractivity contribution >= 4 is 0 Å². The zero-order chi connectivity index (χ0) is 11.5. The van der Waals surface area contributed by atoms with E-state index in [1.54, 1.807) is 16.8 Å². The Morgan fingerprint density at radius 1 is 1.40 bits per heavy atom. The lowest BCUT2D eigenvalue weighted by atomic mass is 10.1. The van der Waals surface area contributed by atoms with Gasteiger partial charge in [0.15, 0.2) is 0 Å². The minimum atomic E-state index is -2.30. The highest BCUT2D eigenvalue weighted by Gasteiger charge is 2.11. The first-order valence-electron chi connectivity index (χ1n) is 5.06. The van der Waals surface area contributed by atoms with Crippen molar-refractivity contribution in [1.29, 1.82) is 0 Å². The van der Waals surface area contributed by atoms with Gasteiger partial charge in [-0.3, -0.25) is 0 Å². The van der Waals surface area contributed by atoms with Crippen molar-refractivity contribution in [3.63, 3.8) is 0 Å². The Bertz CT molecular complexity index is 300. The molecule has 1 aromatic rings. The number of halogens is 2. The lowest BCUT2D eigenvalue weighted by Gasteiger charge is -2.21. The van der Waals surface area contributed by atoms with Crippen LogP contribution in [-0.4, -0.2) is 16.5 Å². The van der Waals surface area contributed by atoms with Gasteiger partial charge in [0.1, 0.15) is 0 Å². The average Bonchev–Trinajstić information content (AvgIpc) is 2.46. The van der Waals surface area contributed by atoms with Crippen molar-refractivity contribution in [2.24, 2.45) is 0 Å². The van der Waals surface area contributed by atoms with Crippen molar-refractivity contribution in [3.8, 4) is 0 Å². The summed E-state index contributed by atoms with van der Waals surface area (Å²) in [5, 5.41) is 3.27. The molecule has 0 radical (unpaired) electrons. The molecule has 15 heavy (non-hydrogen) atoms. The van der Waals surface area contributed by atoms with Crippen LogP contribution < -0.4 is 5.32 Å². The number of hydrogen-bond acceptors (Lipinski definition) is 1. The summed E-state index contributed by atoms with van der Waals surface area (Å²) < 4.78 is 26.0. The summed E-state index contributed by atoms with van der Waals surface area (Å²) in [6, 6.07) is 3.66. The molecule has 0 bridgehead atoms. The van der Waals surface area contributed by atoms with Crippen LogP contribution in [0.15, 0.2) is 18.3 Å². The van der Waals surface area contributed by atoms with Gasteiger partial charge in [-0.1, -0.05) is 0 Å². The first-order valence-corrected chi connectivity index (χ1v) is 5.06. The van der Waals surface area contributed by atoms with Crippen molar-refractivity contribution in [1.82, 2.24) is 9.88 Å². The van der Waals surface area contributed by atoms with E-state index in [2.05, 4.69) is 5.32 Å². The predicted molar refractivity (Wildman–Crippen MR) is 57.0 cm³/mol. The second-order valence-electron chi connectivity index (χ2n) is 4.65. The molecule has 0 amide bonds. The van der Waals surface area contributed by atoms with Crippen LogP contribution >= 0.6 is 0 Å². The summed E-state index contributed by atoms with van der Waals surface area (Å²) in [7, 11) is 0. The third-order valence-corrected chi connectivity index (χ3v) is 2.06. The standard InChI is InChI=1S/C11H18F2N2/c1-11(2,3)14-7-9-5-4-6-15(9)8-10(12)13/h4-6,10,14H,7-8H2,1-3H3. The highest BCUT2D eigenvalue weighted by atomic mass is 19.3. The van der Waals surface area contributed by atoms with Gasteiger partial charge in [-0.05, 0) is 32.9 Å². The second-order valence-corrected chi connectivity index (χ2v) is 4.65. The van der Waals surface area contributed by atoms with E-state index in [-0.39, 0.29) is 12.1 Å². The van der Waals surface area contributed by atoms with Crippen LogP contribution in [0.5, 0.6) is 0 Å². The molecule has 0 aliphatic heterocycles. The normalized spacial score (nSPS) is 12.4. The third kappa shape index (κ3) is 4.42. The third-order valence-electron chi connectivity index (χ3n) is 2.06. The molecule has 0 saturated heterocycles. The smallest absolute Gasteiger partial charge is 0.256 e. The topological polar surface area (TPSA) is 17.0 Å². The number of nitrogens with zero attached hydrogens (tertiary/aromatic N) is 1. The number of alkyl halides is 2. The molecule has 0 fully saturated rings. The molecule has 1 rings (SSSR count). The van der Waals surface area contributed by atoms with Crippen LogP contribution in [0.1, 0.15) is 26.5 Å². The fraction of sp³-hybridized carbons (Fsp3) is 0.636. The van der Waals surface area contributed by atoms with Gasteiger partial charge in [0.05, 0.1) is 6.54 Å². The van der Waals surface area contributed by atoms with Gasteiger partial charge in [-0.2, -0.15) is 0 Å². The van der Waals surface area contributed by atoms with Crippen LogP contribution in [0.3, 0.4) is 0 Å². The van der Waals surface area contributed by atoms with Crippen LogP contribution in [-0.2, 0) is 13.1 Å². The quantitative estimate of drug-likeness (QED) is 0.818. The van der Waals surface area contributed by atoms with Crippen LogP contribution in [0.25, 0.3) is 0 Å². The molecule has 2 nitrogen and oxygen atoms in total. The molecule has 0 aliphatic carbocycles. The fourth-order valence-electron chi connectivity index (χ4n) is 1.29. The van der Waals surface area contributed by atoms with Gasteiger partial charge >= 0.3 is 0 Å². The minimum Gasteiger partial charge on any atom is -0.345 e. The molecule has 0 aliphatic rings. The molecule has 0 aromatic carbocycles. The maximum atomic E-state index is 12.2. The van der Waals surface area contributed by atoms with E-state index >= 15 is 0 Å². The van der Waals surface area contributed by atoms with Gasteiger partial charge in [0.25, 0.3) is 6.43 Å². The summed E-state index contributed by atoms with van der Waals surface area (Å²) in [6.45, 7) is 6.53. The zero-order valence-electron chi connectivity index (χ0n) is 9.43. The molecule has 0 atom stereocenters. The van der Waals surface area contributed by atoms with Gasteiger partial charge in [0.2, 0.25) is 0 Å². The van der Waals surface area contributed by atoms with E-state index in [9.17, 15) is 8.78 Å². The van der Waals surface area contributed by atoms with Crippen LogP contribution in [0, 0.1) is 0 Å². The number of nitrogens with one attached hydrogen (secondary N) is 1. The Balaban J connectivity index is 2.57. The Morgan fingerprint density at radius 2 is 2.07 bits per heavy atom. The molecular weight excluding hydrogens is 198 g/mol. The van der Waals surface area contributed by atoms with E-state index in [1.165, 1.54) is 0 Å². The molecular formula is C11H18F2N2. The Labute approximate surface area is 89.3 Å².